The minimum absolute atomic E-state index is 0.769. The SMILES string of the molecule is CC1=CC(C)=[N+]2C1=C(C1=C3C(C)=CC(C)=[N+]3[B-]3(Oc4ccc5ccccc5c4-c4c(ccc5ccccc45)O3)n3c(C)cc(C)c31)c1c(C)cc(C)n1[B-]21Oc2ccc3ccccc3c2-c2c(ccc3ccccc23)O1. The Hall–Kier alpha value is -9.01. The molecule has 8 nitrogen and oxygen atoms in total. The summed E-state index contributed by atoms with van der Waals surface area (Å²) in [4.78, 5) is 0. The van der Waals surface area contributed by atoms with Gasteiger partial charge in [-0.2, -0.15) is 0 Å². The van der Waals surface area contributed by atoms with E-state index in [0.29, 0.717) is 0 Å². The Morgan fingerprint density at radius 1 is 0.355 bits per heavy atom. The third-order valence-corrected chi connectivity index (χ3v) is 17.4. The van der Waals surface area contributed by atoms with Gasteiger partial charge in [0.1, 0.15) is 11.4 Å². The van der Waals surface area contributed by atoms with Crippen LogP contribution in [-0.2, 0) is 0 Å². The van der Waals surface area contributed by atoms with Crippen LogP contribution < -0.4 is 18.6 Å². The zero-order valence-corrected chi connectivity index (χ0v) is 43.7. The van der Waals surface area contributed by atoms with Crippen LogP contribution in [0.1, 0.15) is 61.6 Å². The van der Waals surface area contributed by atoms with Crippen LogP contribution in [-0.4, -0.2) is 43.0 Å². The quantitative estimate of drug-likeness (QED) is 0.154. The molecular weight excluding hydrogens is 934 g/mol. The van der Waals surface area contributed by atoms with Gasteiger partial charge in [0.25, 0.3) is 0 Å². The number of hydrogen-bond donors (Lipinski definition) is 0. The molecule has 6 aliphatic heterocycles. The van der Waals surface area contributed by atoms with Crippen molar-refractivity contribution < 1.29 is 27.6 Å². The molecule has 10 aromatic rings. The predicted molar refractivity (Wildman–Crippen MR) is 310 cm³/mol. The van der Waals surface area contributed by atoms with Gasteiger partial charge in [0.15, 0.2) is 11.4 Å². The number of aromatic nitrogens is 2. The van der Waals surface area contributed by atoms with Crippen molar-refractivity contribution in [1.29, 1.82) is 0 Å². The number of nitrogens with zero attached hydrogens (tertiary/aromatic N) is 4. The fourth-order valence-corrected chi connectivity index (χ4v) is 14.7. The summed E-state index contributed by atoms with van der Waals surface area (Å²) in [6, 6.07) is 56.5. The van der Waals surface area contributed by atoms with Crippen LogP contribution in [0.25, 0.3) is 76.5 Å². The zero-order chi connectivity index (χ0) is 51.3. The van der Waals surface area contributed by atoms with Crippen LogP contribution in [0.4, 0.5) is 0 Å². The second-order valence-corrected chi connectivity index (χ2v) is 21.9. The van der Waals surface area contributed by atoms with E-state index in [-0.39, 0.29) is 0 Å². The highest BCUT2D eigenvalue weighted by Crippen LogP contribution is 2.57. The minimum atomic E-state index is -2.61. The smallest absolute Gasteiger partial charge is 0.601 e. The third-order valence-electron chi connectivity index (χ3n) is 17.4. The molecule has 0 N–H and O–H groups in total. The molecule has 8 heterocycles. The summed E-state index contributed by atoms with van der Waals surface area (Å²) in [5.41, 5.74) is 19.1. The van der Waals surface area contributed by atoms with E-state index in [0.717, 1.165) is 167 Å². The van der Waals surface area contributed by atoms with E-state index in [2.05, 4.69) is 243 Å². The van der Waals surface area contributed by atoms with Crippen molar-refractivity contribution in [3.05, 3.63) is 226 Å². The third kappa shape index (κ3) is 5.35. The van der Waals surface area contributed by atoms with Crippen molar-refractivity contribution in [3.8, 4) is 45.3 Å². The fourth-order valence-electron chi connectivity index (χ4n) is 14.7. The molecule has 10 heteroatoms. The van der Waals surface area contributed by atoms with Gasteiger partial charge < -0.3 is 36.5 Å². The average Bonchev–Trinajstić information content (AvgIpc) is 4.10. The Balaban J connectivity index is 1.00. The van der Waals surface area contributed by atoms with Gasteiger partial charge >= 0.3 is 13.6 Å². The lowest BCUT2D eigenvalue weighted by Gasteiger charge is -2.45. The van der Waals surface area contributed by atoms with E-state index in [1.807, 2.05) is 0 Å². The van der Waals surface area contributed by atoms with Crippen LogP contribution in [0.2, 0.25) is 0 Å². The van der Waals surface area contributed by atoms with E-state index >= 15 is 0 Å². The van der Waals surface area contributed by atoms with E-state index in [9.17, 15) is 0 Å². The number of fused-ring (bicyclic) bond motifs is 22. The molecule has 0 saturated carbocycles. The number of hydrogen-bond acceptors (Lipinski definition) is 4. The van der Waals surface area contributed by atoms with Gasteiger partial charge in [0, 0.05) is 70.8 Å². The fraction of sp³-hybridized carbons (Fsp3) is 0.121. The normalized spacial score (nSPS) is 17.3. The molecular formula is C66H52B2N4O4. The van der Waals surface area contributed by atoms with Crippen molar-refractivity contribution in [1.82, 2.24) is 8.96 Å². The van der Waals surface area contributed by atoms with Crippen molar-refractivity contribution in [2.24, 2.45) is 0 Å². The average molecular weight is 987 g/mol. The Morgan fingerprint density at radius 3 is 0.947 bits per heavy atom. The van der Waals surface area contributed by atoms with E-state index in [4.69, 9.17) is 18.6 Å². The highest BCUT2D eigenvalue weighted by molar-refractivity contribution is 6.63. The standard InChI is InChI=1S/C66H52B2N4O4/c1-37-33-41(5)69-63(37)61(64-38(2)34-42(6)70(64)67(69)73-53-29-25-45-17-9-13-21-49(45)57(53)58-50-22-14-10-18-46(50)26-30-54(58)74-67)62-65-39(3)35-43(7)71(65)68(72-44(8)36-40(4)66(62)72)75-55-31-27-47-19-11-15-23-51(47)59(55)60-52-24-16-12-20-48(52)28-32-56(60)76-68/h9-36H,1-8H3. The number of benzene rings is 8. The predicted octanol–water partition coefficient (Wildman–Crippen LogP) is 15.0. The summed E-state index contributed by atoms with van der Waals surface area (Å²) in [7, 11) is 0. The second-order valence-electron chi connectivity index (χ2n) is 21.9. The maximum Gasteiger partial charge on any atom is 0.780 e. The summed E-state index contributed by atoms with van der Waals surface area (Å²) in [5, 5.41) is 9.00. The number of aryl methyl sites for hydroxylation is 4. The van der Waals surface area contributed by atoms with Crippen LogP contribution in [0.5, 0.6) is 23.0 Å². The van der Waals surface area contributed by atoms with Crippen molar-refractivity contribution >= 4 is 79.3 Å². The van der Waals surface area contributed by atoms with E-state index < -0.39 is 13.6 Å². The number of rotatable bonds is 1. The first kappa shape index (κ1) is 43.4. The highest BCUT2D eigenvalue weighted by Gasteiger charge is 2.65. The Labute approximate surface area is 440 Å². The first-order valence-corrected chi connectivity index (χ1v) is 26.6. The summed E-state index contributed by atoms with van der Waals surface area (Å²) in [6.45, 7) is 12.5. The summed E-state index contributed by atoms with van der Waals surface area (Å²) in [5.74, 6) is 3.07. The van der Waals surface area contributed by atoms with Crippen LogP contribution in [0, 0.1) is 27.7 Å². The monoisotopic (exact) mass is 986 g/mol. The Kier molecular flexibility index (Phi) is 8.48. The molecule has 0 saturated heterocycles. The molecule has 16 rings (SSSR count). The van der Waals surface area contributed by atoms with E-state index in [1.165, 1.54) is 0 Å². The van der Waals surface area contributed by atoms with Crippen LogP contribution in [0.3, 0.4) is 0 Å². The summed E-state index contributed by atoms with van der Waals surface area (Å²) in [6.07, 6.45) is 4.61. The van der Waals surface area contributed by atoms with Gasteiger partial charge in [0.2, 0.25) is 0 Å². The Morgan fingerprint density at radius 2 is 0.645 bits per heavy atom. The van der Waals surface area contributed by atoms with Gasteiger partial charge in [-0.25, -0.2) is 0 Å². The second kappa shape index (κ2) is 14.9. The lowest BCUT2D eigenvalue weighted by atomic mass is 9.73. The van der Waals surface area contributed by atoms with Gasteiger partial charge in [0.05, 0.1) is 34.1 Å². The van der Waals surface area contributed by atoms with Gasteiger partial charge in [-0.15, -0.1) is 0 Å². The van der Waals surface area contributed by atoms with Crippen molar-refractivity contribution in [2.75, 3.05) is 0 Å². The van der Waals surface area contributed by atoms with Crippen LogP contribution >= 0.6 is 0 Å². The van der Waals surface area contributed by atoms with Crippen molar-refractivity contribution in [2.45, 2.75) is 55.4 Å². The lowest BCUT2D eigenvalue weighted by Crippen LogP contribution is -2.68. The topological polar surface area (TPSA) is 52.8 Å². The molecule has 0 atom stereocenters. The highest BCUT2D eigenvalue weighted by atomic mass is 16.6. The number of allylic oxidation sites excluding steroid dienone is 6. The molecule has 0 fully saturated rings. The molecule has 2 aromatic heterocycles. The summed E-state index contributed by atoms with van der Waals surface area (Å²) < 4.78 is 41.3. The molecule has 6 aliphatic rings. The molecule has 76 heavy (non-hydrogen) atoms. The van der Waals surface area contributed by atoms with Gasteiger partial charge in [-0.1, -0.05) is 121 Å². The first-order valence-electron chi connectivity index (χ1n) is 26.6. The maximum absolute atomic E-state index is 7.92. The largest absolute Gasteiger partial charge is 0.780 e. The maximum atomic E-state index is 7.92. The summed E-state index contributed by atoms with van der Waals surface area (Å²) >= 11 is 0. The molecule has 0 amide bonds. The molecule has 8 aromatic carbocycles. The molecule has 366 valence electrons. The van der Waals surface area contributed by atoms with Crippen molar-refractivity contribution in [3.63, 3.8) is 0 Å². The molecule has 2 spiro atoms. The first-order chi connectivity index (χ1) is 37.0. The van der Waals surface area contributed by atoms with Crippen LogP contribution in [0.15, 0.2) is 192 Å². The van der Waals surface area contributed by atoms with Gasteiger partial charge in [-0.05, 0) is 144 Å². The zero-order valence-electron chi connectivity index (χ0n) is 43.7. The minimum Gasteiger partial charge on any atom is -0.601 e. The van der Waals surface area contributed by atoms with E-state index in [1.54, 1.807) is 0 Å². The Bertz CT molecular complexity index is 4170. The lowest BCUT2D eigenvalue weighted by molar-refractivity contribution is -0.374. The van der Waals surface area contributed by atoms with Gasteiger partial charge in [-0.3, -0.25) is 0 Å². The molecule has 0 bridgehead atoms. The molecule has 0 aliphatic carbocycles. The molecule has 0 unspecified atom stereocenters. The molecule has 0 radical (unpaired) electrons.